The highest BCUT2D eigenvalue weighted by atomic mass is 35.5. The summed E-state index contributed by atoms with van der Waals surface area (Å²) < 4.78 is 0. The highest BCUT2D eigenvalue weighted by Gasteiger charge is 2.27. The number of hydrogen-bond acceptors (Lipinski definition) is 1. The van der Waals surface area contributed by atoms with E-state index in [0.29, 0.717) is 10.0 Å². The van der Waals surface area contributed by atoms with Crippen molar-refractivity contribution < 1.29 is 4.79 Å². The highest BCUT2D eigenvalue weighted by Crippen LogP contribution is 2.43. The van der Waals surface area contributed by atoms with Gasteiger partial charge in [-0.3, -0.25) is 4.79 Å². The maximum atomic E-state index is 11.2. The first-order valence-electron chi connectivity index (χ1n) is 6.05. The zero-order chi connectivity index (χ0) is 13.3. The maximum Gasteiger partial charge on any atom is 0.146 e. The summed E-state index contributed by atoms with van der Waals surface area (Å²) in [5.74, 6) is 0. The second kappa shape index (κ2) is 5.07. The number of hydrogen-bond donors (Lipinski definition) is 0. The van der Waals surface area contributed by atoms with Crippen LogP contribution in [-0.2, 0) is 4.79 Å². The van der Waals surface area contributed by atoms with E-state index in [1.54, 1.807) is 6.07 Å². The van der Waals surface area contributed by atoms with Crippen LogP contribution in [0.15, 0.2) is 23.8 Å². The fourth-order valence-electron chi connectivity index (χ4n) is 2.41. The quantitative estimate of drug-likeness (QED) is 0.685. The number of aldehydes is 1. The monoisotopic (exact) mass is 282 g/mol. The molecule has 3 heteroatoms. The van der Waals surface area contributed by atoms with Gasteiger partial charge in [0.1, 0.15) is 6.29 Å². The molecule has 0 atom stereocenters. The maximum absolute atomic E-state index is 11.2. The summed E-state index contributed by atoms with van der Waals surface area (Å²) in [6.45, 7) is 4.46. The molecule has 0 bridgehead atoms. The summed E-state index contributed by atoms with van der Waals surface area (Å²) in [5, 5.41) is 1.08. The van der Waals surface area contributed by atoms with E-state index in [2.05, 4.69) is 13.8 Å². The Morgan fingerprint density at radius 3 is 2.56 bits per heavy atom. The molecule has 0 unspecified atom stereocenters. The van der Waals surface area contributed by atoms with Crippen molar-refractivity contribution in [3.8, 4) is 0 Å². The van der Waals surface area contributed by atoms with Crippen molar-refractivity contribution in [1.29, 1.82) is 0 Å². The van der Waals surface area contributed by atoms with Crippen molar-refractivity contribution in [3.63, 3.8) is 0 Å². The van der Waals surface area contributed by atoms with Crippen molar-refractivity contribution in [3.05, 3.63) is 39.4 Å². The average molecular weight is 283 g/mol. The smallest absolute Gasteiger partial charge is 0.146 e. The number of halogens is 2. The van der Waals surface area contributed by atoms with Crippen LogP contribution in [0.3, 0.4) is 0 Å². The minimum atomic E-state index is 0.230. The topological polar surface area (TPSA) is 17.1 Å². The molecule has 0 spiro atoms. The minimum Gasteiger partial charge on any atom is -0.298 e. The van der Waals surface area contributed by atoms with Crippen molar-refractivity contribution >= 4 is 35.1 Å². The fraction of sp³-hybridized carbons (Fsp3) is 0.400. The van der Waals surface area contributed by atoms with Crippen LogP contribution in [0.25, 0.3) is 5.57 Å². The third-order valence-corrected chi connectivity index (χ3v) is 4.26. The zero-order valence-electron chi connectivity index (χ0n) is 10.6. The van der Waals surface area contributed by atoms with Crippen LogP contribution in [0.4, 0.5) is 0 Å². The molecular weight excluding hydrogens is 267 g/mol. The van der Waals surface area contributed by atoms with Crippen LogP contribution in [0.2, 0.25) is 10.0 Å². The predicted molar refractivity (Wildman–Crippen MR) is 77.1 cm³/mol. The SMILES string of the molecule is CC1(C)CCC(C=O)=C(c2ccc(Cl)c(Cl)c2)C1. The lowest BCUT2D eigenvalue weighted by Gasteiger charge is -2.32. The third-order valence-electron chi connectivity index (χ3n) is 3.52. The van der Waals surface area contributed by atoms with E-state index in [4.69, 9.17) is 23.2 Å². The molecule has 0 aliphatic heterocycles. The molecule has 0 amide bonds. The van der Waals surface area contributed by atoms with Gasteiger partial charge in [-0.25, -0.2) is 0 Å². The molecule has 0 saturated carbocycles. The van der Waals surface area contributed by atoms with Crippen molar-refractivity contribution in [2.75, 3.05) is 0 Å². The van der Waals surface area contributed by atoms with E-state index in [9.17, 15) is 4.79 Å². The lowest BCUT2D eigenvalue weighted by molar-refractivity contribution is -0.105. The molecule has 0 radical (unpaired) electrons. The van der Waals surface area contributed by atoms with Gasteiger partial charge in [-0.05, 0) is 53.5 Å². The largest absolute Gasteiger partial charge is 0.298 e. The van der Waals surface area contributed by atoms with Gasteiger partial charge < -0.3 is 0 Å². The van der Waals surface area contributed by atoms with Gasteiger partial charge in [-0.15, -0.1) is 0 Å². The second-order valence-corrected chi connectivity index (χ2v) is 6.41. The lowest BCUT2D eigenvalue weighted by atomic mass is 9.73. The molecule has 18 heavy (non-hydrogen) atoms. The first-order chi connectivity index (χ1) is 8.43. The van der Waals surface area contributed by atoms with Crippen LogP contribution >= 0.6 is 23.2 Å². The number of carbonyl (C=O) groups excluding carboxylic acids is 1. The van der Waals surface area contributed by atoms with Crippen molar-refractivity contribution in [1.82, 2.24) is 0 Å². The molecule has 0 saturated heterocycles. The van der Waals surface area contributed by atoms with Crippen molar-refractivity contribution in [2.45, 2.75) is 33.1 Å². The van der Waals surface area contributed by atoms with Gasteiger partial charge in [0.25, 0.3) is 0 Å². The van der Waals surface area contributed by atoms with Gasteiger partial charge in [-0.2, -0.15) is 0 Å². The number of allylic oxidation sites excluding steroid dienone is 2. The fourth-order valence-corrected chi connectivity index (χ4v) is 2.70. The zero-order valence-corrected chi connectivity index (χ0v) is 12.1. The predicted octanol–water partition coefficient (Wildman–Crippen LogP) is 5.16. The summed E-state index contributed by atoms with van der Waals surface area (Å²) in [6.07, 6.45) is 3.77. The van der Waals surface area contributed by atoms with Gasteiger partial charge in [0, 0.05) is 0 Å². The van der Waals surface area contributed by atoms with Gasteiger partial charge in [0.15, 0.2) is 0 Å². The first kappa shape index (κ1) is 13.6. The van der Waals surface area contributed by atoms with Crippen LogP contribution in [0, 0.1) is 5.41 Å². The summed E-state index contributed by atoms with van der Waals surface area (Å²) in [5.41, 5.74) is 3.25. The van der Waals surface area contributed by atoms with Crippen molar-refractivity contribution in [2.24, 2.45) is 5.41 Å². The van der Waals surface area contributed by atoms with E-state index in [1.165, 1.54) is 0 Å². The first-order valence-corrected chi connectivity index (χ1v) is 6.81. The molecule has 1 aromatic carbocycles. The molecule has 1 aliphatic carbocycles. The van der Waals surface area contributed by atoms with E-state index >= 15 is 0 Å². The normalized spacial score (nSPS) is 18.9. The van der Waals surface area contributed by atoms with E-state index in [1.807, 2.05) is 12.1 Å². The molecule has 0 fully saturated rings. The Bertz CT molecular complexity index is 515. The molecular formula is C15H16Cl2O. The van der Waals surface area contributed by atoms with Gasteiger partial charge in [-0.1, -0.05) is 43.1 Å². The Morgan fingerprint density at radius 1 is 1.22 bits per heavy atom. The molecule has 1 aliphatic rings. The number of benzene rings is 1. The van der Waals surface area contributed by atoms with Crippen LogP contribution in [0.5, 0.6) is 0 Å². The standard InChI is InChI=1S/C15H16Cl2O/c1-15(2)6-5-11(9-18)12(8-15)10-3-4-13(16)14(17)7-10/h3-4,7,9H,5-6,8H2,1-2H3. The van der Waals surface area contributed by atoms with Crippen LogP contribution in [-0.4, -0.2) is 6.29 Å². The van der Waals surface area contributed by atoms with Gasteiger partial charge >= 0.3 is 0 Å². The third kappa shape index (κ3) is 2.78. The Balaban J connectivity index is 2.48. The van der Waals surface area contributed by atoms with Gasteiger partial charge in [0.2, 0.25) is 0 Å². The molecule has 96 valence electrons. The molecule has 0 aromatic heterocycles. The van der Waals surface area contributed by atoms with E-state index < -0.39 is 0 Å². The summed E-state index contributed by atoms with van der Waals surface area (Å²) in [4.78, 5) is 11.2. The Labute approximate surface area is 118 Å². The Morgan fingerprint density at radius 2 is 1.94 bits per heavy atom. The van der Waals surface area contributed by atoms with E-state index in [0.717, 1.165) is 42.3 Å². The van der Waals surface area contributed by atoms with Crippen LogP contribution < -0.4 is 0 Å². The average Bonchev–Trinajstić information content (AvgIpc) is 2.32. The molecule has 1 aromatic rings. The Hall–Kier alpha value is -0.790. The van der Waals surface area contributed by atoms with E-state index in [-0.39, 0.29) is 5.41 Å². The molecule has 0 N–H and O–H groups in total. The number of carbonyl (C=O) groups is 1. The number of rotatable bonds is 2. The molecule has 1 nitrogen and oxygen atoms in total. The molecule has 0 heterocycles. The summed E-state index contributed by atoms with van der Waals surface area (Å²) in [7, 11) is 0. The van der Waals surface area contributed by atoms with Gasteiger partial charge in [0.05, 0.1) is 10.0 Å². The lowest BCUT2D eigenvalue weighted by Crippen LogP contribution is -2.18. The summed E-state index contributed by atoms with van der Waals surface area (Å²) >= 11 is 12.0. The highest BCUT2D eigenvalue weighted by molar-refractivity contribution is 6.42. The van der Waals surface area contributed by atoms with Crippen LogP contribution in [0.1, 0.15) is 38.7 Å². The minimum absolute atomic E-state index is 0.230. The summed E-state index contributed by atoms with van der Waals surface area (Å²) in [6, 6.07) is 5.58. The Kier molecular flexibility index (Phi) is 3.84. The molecule has 2 rings (SSSR count). The second-order valence-electron chi connectivity index (χ2n) is 5.59.